The zero-order chi connectivity index (χ0) is 9.94. The van der Waals surface area contributed by atoms with Crippen LogP contribution in [0.3, 0.4) is 0 Å². The quantitative estimate of drug-likeness (QED) is 0.593. The van der Waals surface area contributed by atoms with Crippen LogP contribution < -0.4 is 5.32 Å². The number of carbonyl (C=O) groups is 1. The Bertz CT molecular complexity index is 128. The number of alkyl carbamates (subject to hydrolysis) is 1. The zero-order valence-electron chi connectivity index (χ0n) is 8.21. The Morgan fingerprint density at radius 1 is 1.38 bits per heavy atom. The summed E-state index contributed by atoms with van der Waals surface area (Å²) in [5.74, 6) is 0. The Morgan fingerprint density at radius 2 is 2.15 bits per heavy atom. The zero-order valence-corrected chi connectivity index (χ0v) is 8.21. The number of aliphatic hydroxyl groups is 1. The molecule has 78 valence electrons. The van der Waals surface area contributed by atoms with Gasteiger partial charge in [-0.05, 0) is 12.8 Å². The second kappa shape index (κ2) is 9.32. The van der Waals surface area contributed by atoms with E-state index in [1.807, 2.05) is 0 Å². The van der Waals surface area contributed by atoms with E-state index in [4.69, 9.17) is 9.84 Å². The molecule has 0 aromatic carbocycles. The molecule has 0 aromatic rings. The monoisotopic (exact) mass is 189 g/mol. The van der Waals surface area contributed by atoms with Gasteiger partial charge >= 0.3 is 6.09 Å². The van der Waals surface area contributed by atoms with E-state index in [1.165, 1.54) is 0 Å². The number of carbonyl (C=O) groups excluding carboxylic acids is 1. The van der Waals surface area contributed by atoms with Crippen LogP contribution >= 0.6 is 0 Å². The summed E-state index contributed by atoms with van der Waals surface area (Å²) in [5.41, 5.74) is 0. The fourth-order valence-electron chi connectivity index (χ4n) is 0.837. The molecule has 1 amide bonds. The van der Waals surface area contributed by atoms with Gasteiger partial charge in [0.2, 0.25) is 0 Å². The molecule has 0 aliphatic heterocycles. The van der Waals surface area contributed by atoms with Crippen LogP contribution in [0.2, 0.25) is 0 Å². The lowest BCUT2D eigenvalue weighted by Gasteiger charge is -2.05. The van der Waals surface area contributed by atoms with E-state index in [1.54, 1.807) is 0 Å². The van der Waals surface area contributed by atoms with Gasteiger partial charge in [0.15, 0.2) is 0 Å². The van der Waals surface area contributed by atoms with Crippen molar-refractivity contribution in [2.24, 2.45) is 0 Å². The van der Waals surface area contributed by atoms with Gasteiger partial charge in [-0.3, -0.25) is 0 Å². The maximum Gasteiger partial charge on any atom is 0.407 e. The van der Waals surface area contributed by atoms with Crippen molar-refractivity contribution >= 4 is 6.09 Å². The summed E-state index contributed by atoms with van der Waals surface area (Å²) in [7, 11) is 0. The molecule has 13 heavy (non-hydrogen) atoms. The largest absolute Gasteiger partial charge is 0.450 e. The highest BCUT2D eigenvalue weighted by atomic mass is 16.5. The van der Waals surface area contributed by atoms with E-state index in [2.05, 4.69) is 12.2 Å². The van der Waals surface area contributed by atoms with Gasteiger partial charge in [0.1, 0.15) is 0 Å². The Kier molecular flexibility index (Phi) is 8.77. The third-order valence-corrected chi connectivity index (χ3v) is 1.59. The number of rotatable bonds is 7. The number of aliphatic hydroxyl groups excluding tert-OH is 1. The topological polar surface area (TPSA) is 58.6 Å². The lowest BCUT2D eigenvalue weighted by Crippen LogP contribution is -2.26. The molecule has 0 saturated heterocycles. The second-order valence-corrected chi connectivity index (χ2v) is 2.85. The van der Waals surface area contributed by atoms with E-state index < -0.39 is 0 Å². The minimum Gasteiger partial charge on any atom is -0.450 e. The third-order valence-electron chi connectivity index (χ3n) is 1.59. The van der Waals surface area contributed by atoms with Crippen molar-refractivity contribution in [3.05, 3.63) is 0 Å². The summed E-state index contributed by atoms with van der Waals surface area (Å²) in [6, 6.07) is 0. The minimum atomic E-state index is -0.385. The molecule has 0 radical (unpaired) electrons. The summed E-state index contributed by atoms with van der Waals surface area (Å²) < 4.78 is 4.86. The number of hydrogen-bond acceptors (Lipinski definition) is 3. The van der Waals surface area contributed by atoms with E-state index in [0.717, 1.165) is 19.3 Å². The Hall–Kier alpha value is -0.770. The summed E-state index contributed by atoms with van der Waals surface area (Å²) in [6.45, 7) is 3.15. The van der Waals surface area contributed by atoms with E-state index >= 15 is 0 Å². The highest BCUT2D eigenvalue weighted by Gasteiger charge is 1.98. The van der Waals surface area contributed by atoms with Crippen molar-refractivity contribution in [2.75, 3.05) is 19.8 Å². The smallest absolute Gasteiger partial charge is 0.407 e. The van der Waals surface area contributed by atoms with Crippen molar-refractivity contribution in [1.29, 1.82) is 0 Å². The number of ether oxygens (including phenoxy) is 1. The predicted octanol–water partition coefficient (Wildman–Crippen LogP) is 1.29. The summed E-state index contributed by atoms with van der Waals surface area (Å²) in [4.78, 5) is 10.9. The second-order valence-electron chi connectivity index (χ2n) is 2.85. The molecule has 0 heterocycles. The average molecular weight is 189 g/mol. The maximum atomic E-state index is 10.9. The molecule has 0 unspecified atom stereocenters. The van der Waals surface area contributed by atoms with Crippen LogP contribution in [0.1, 0.15) is 32.6 Å². The summed E-state index contributed by atoms with van der Waals surface area (Å²) in [6.07, 6.45) is 3.32. The molecule has 0 atom stereocenters. The molecule has 0 fully saturated rings. The Morgan fingerprint density at radius 3 is 2.77 bits per heavy atom. The molecule has 0 rings (SSSR count). The van der Waals surface area contributed by atoms with Gasteiger partial charge in [0.05, 0.1) is 6.61 Å². The van der Waals surface area contributed by atoms with Crippen molar-refractivity contribution < 1.29 is 14.6 Å². The van der Waals surface area contributed by atoms with E-state index in [9.17, 15) is 4.79 Å². The molecule has 4 nitrogen and oxygen atoms in total. The van der Waals surface area contributed by atoms with Crippen molar-refractivity contribution in [3.63, 3.8) is 0 Å². The van der Waals surface area contributed by atoms with Gasteiger partial charge < -0.3 is 15.2 Å². The van der Waals surface area contributed by atoms with Gasteiger partial charge in [0, 0.05) is 13.2 Å². The first-order valence-electron chi connectivity index (χ1n) is 4.82. The first kappa shape index (κ1) is 12.2. The summed E-state index contributed by atoms with van der Waals surface area (Å²) in [5, 5.41) is 11.0. The van der Waals surface area contributed by atoms with Crippen LogP contribution in [0.4, 0.5) is 4.79 Å². The van der Waals surface area contributed by atoms with Crippen LogP contribution in [0.25, 0.3) is 0 Å². The number of hydrogen-bond donors (Lipinski definition) is 2. The van der Waals surface area contributed by atoms with Crippen LogP contribution in [0, 0.1) is 0 Å². The van der Waals surface area contributed by atoms with Gasteiger partial charge in [-0.15, -0.1) is 0 Å². The van der Waals surface area contributed by atoms with Crippen LogP contribution in [-0.4, -0.2) is 31.0 Å². The van der Waals surface area contributed by atoms with Gasteiger partial charge in [-0.1, -0.05) is 19.8 Å². The van der Waals surface area contributed by atoms with Crippen molar-refractivity contribution in [1.82, 2.24) is 5.32 Å². The highest BCUT2D eigenvalue weighted by Crippen LogP contribution is 1.94. The average Bonchev–Trinajstić information content (AvgIpc) is 2.13. The molecular weight excluding hydrogens is 170 g/mol. The molecule has 4 heteroatoms. The third kappa shape index (κ3) is 9.14. The molecule has 0 spiro atoms. The van der Waals surface area contributed by atoms with Crippen molar-refractivity contribution in [2.45, 2.75) is 32.6 Å². The van der Waals surface area contributed by atoms with Gasteiger partial charge in [-0.2, -0.15) is 0 Å². The van der Waals surface area contributed by atoms with Crippen LogP contribution in [-0.2, 0) is 4.74 Å². The van der Waals surface area contributed by atoms with Gasteiger partial charge in [0.25, 0.3) is 0 Å². The molecule has 0 aromatic heterocycles. The normalized spacial score (nSPS) is 9.69. The molecule has 0 bridgehead atoms. The number of nitrogens with one attached hydrogen (secondary N) is 1. The summed E-state index contributed by atoms with van der Waals surface area (Å²) >= 11 is 0. The molecule has 0 saturated carbocycles. The van der Waals surface area contributed by atoms with E-state index in [0.29, 0.717) is 19.6 Å². The molecular formula is C9H19NO3. The maximum absolute atomic E-state index is 10.9. The molecule has 2 N–H and O–H groups in total. The fraction of sp³-hybridized carbons (Fsp3) is 0.889. The molecule has 0 aliphatic rings. The fourth-order valence-corrected chi connectivity index (χ4v) is 0.837. The van der Waals surface area contributed by atoms with Gasteiger partial charge in [-0.25, -0.2) is 4.79 Å². The number of unbranched alkanes of at least 4 members (excludes halogenated alkanes) is 2. The first-order chi connectivity index (χ1) is 6.31. The number of amides is 1. The van der Waals surface area contributed by atoms with Crippen molar-refractivity contribution in [3.8, 4) is 0 Å². The standard InChI is InChI=1S/C9H19NO3/c1-2-3-4-8-13-9(12)10-6-5-7-11/h11H,2-8H2,1H3,(H,10,12). The Balaban J connectivity index is 3.11. The van der Waals surface area contributed by atoms with E-state index in [-0.39, 0.29) is 12.7 Å². The highest BCUT2D eigenvalue weighted by molar-refractivity contribution is 5.66. The first-order valence-corrected chi connectivity index (χ1v) is 4.82. The molecule has 0 aliphatic carbocycles. The SMILES string of the molecule is CCCCCOC(=O)NCCCO. The minimum absolute atomic E-state index is 0.0934. The Labute approximate surface area is 79.3 Å². The lowest BCUT2D eigenvalue weighted by molar-refractivity contribution is 0.143. The van der Waals surface area contributed by atoms with Crippen LogP contribution in [0.5, 0.6) is 0 Å². The lowest BCUT2D eigenvalue weighted by atomic mass is 10.3. The predicted molar refractivity (Wildman–Crippen MR) is 50.6 cm³/mol. The van der Waals surface area contributed by atoms with Crippen LogP contribution in [0.15, 0.2) is 0 Å².